The van der Waals surface area contributed by atoms with E-state index in [1.54, 1.807) is 0 Å². The first-order valence-corrected chi connectivity index (χ1v) is 6.59. The van der Waals surface area contributed by atoms with E-state index in [0.29, 0.717) is 0 Å². The second kappa shape index (κ2) is 7.05. The standard InChI is InChI=1S/C14H27N/c1-4-15-8-6-5-7-14-10-12(2)9-13(3)11-14/h5,7,12-15H,4,6,8-11H2,1-3H3. The summed E-state index contributed by atoms with van der Waals surface area (Å²) in [5.41, 5.74) is 0. The van der Waals surface area contributed by atoms with Gasteiger partial charge in [0.15, 0.2) is 0 Å². The van der Waals surface area contributed by atoms with E-state index >= 15 is 0 Å². The summed E-state index contributed by atoms with van der Waals surface area (Å²) in [4.78, 5) is 0. The van der Waals surface area contributed by atoms with Gasteiger partial charge in [-0.05, 0) is 56.5 Å². The van der Waals surface area contributed by atoms with Crippen molar-refractivity contribution in [2.75, 3.05) is 13.1 Å². The molecule has 0 aromatic rings. The zero-order chi connectivity index (χ0) is 11.1. The highest BCUT2D eigenvalue weighted by Crippen LogP contribution is 2.33. The minimum absolute atomic E-state index is 0.852. The van der Waals surface area contributed by atoms with Crippen LogP contribution in [-0.4, -0.2) is 13.1 Å². The van der Waals surface area contributed by atoms with E-state index in [4.69, 9.17) is 0 Å². The Balaban J connectivity index is 2.19. The highest BCUT2D eigenvalue weighted by atomic mass is 14.8. The van der Waals surface area contributed by atoms with Gasteiger partial charge in [0.05, 0.1) is 0 Å². The van der Waals surface area contributed by atoms with Gasteiger partial charge in [0.2, 0.25) is 0 Å². The summed E-state index contributed by atoms with van der Waals surface area (Å²) in [6, 6.07) is 0. The molecule has 0 radical (unpaired) electrons. The second-order valence-electron chi connectivity index (χ2n) is 5.25. The maximum atomic E-state index is 3.35. The van der Waals surface area contributed by atoms with Crippen LogP contribution in [0, 0.1) is 17.8 Å². The van der Waals surface area contributed by atoms with Crippen LogP contribution < -0.4 is 5.32 Å². The van der Waals surface area contributed by atoms with Crippen molar-refractivity contribution in [1.82, 2.24) is 5.32 Å². The van der Waals surface area contributed by atoms with Crippen LogP contribution >= 0.6 is 0 Å². The van der Waals surface area contributed by atoms with Gasteiger partial charge in [-0.15, -0.1) is 0 Å². The van der Waals surface area contributed by atoms with E-state index in [2.05, 4.69) is 38.2 Å². The minimum atomic E-state index is 0.852. The molecule has 1 rings (SSSR count). The summed E-state index contributed by atoms with van der Waals surface area (Å²) >= 11 is 0. The summed E-state index contributed by atoms with van der Waals surface area (Å²) in [5, 5.41) is 3.35. The second-order valence-corrected chi connectivity index (χ2v) is 5.25. The number of allylic oxidation sites excluding steroid dienone is 1. The monoisotopic (exact) mass is 209 g/mol. The van der Waals surface area contributed by atoms with Crippen molar-refractivity contribution in [3.8, 4) is 0 Å². The molecule has 1 fully saturated rings. The molecule has 0 aliphatic heterocycles. The smallest absolute Gasteiger partial charge is 0.00144 e. The Hall–Kier alpha value is -0.300. The Morgan fingerprint density at radius 1 is 1.13 bits per heavy atom. The predicted molar refractivity (Wildman–Crippen MR) is 68.0 cm³/mol. The Morgan fingerprint density at radius 3 is 2.40 bits per heavy atom. The van der Waals surface area contributed by atoms with Gasteiger partial charge in [0, 0.05) is 0 Å². The van der Waals surface area contributed by atoms with Gasteiger partial charge in [-0.25, -0.2) is 0 Å². The van der Waals surface area contributed by atoms with Crippen molar-refractivity contribution in [1.29, 1.82) is 0 Å². The van der Waals surface area contributed by atoms with Crippen molar-refractivity contribution in [3.05, 3.63) is 12.2 Å². The van der Waals surface area contributed by atoms with Gasteiger partial charge < -0.3 is 5.32 Å². The zero-order valence-corrected chi connectivity index (χ0v) is 10.6. The Labute approximate surface area is 95.3 Å². The van der Waals surface area contributed by atoms with E-state index in [1.807, 2.05) is 0 Å². The quantitative estimate of drug-likeness (QED) is 0.539. The SMILES string of the molecule is CCNCCC=CC1CC(C)CC(C)C1. The lowest BCUT2D eigenvalue weighted by atomic mass is 9.76. The molecule has 15 heavy (non-hydrogen) atoms. The lowest BCUT2D eigenvalue weighted by molar-refractivity contribution is 0.252. The number of hydrogen-bond donors (Lipinski definition) is 1. The fourth-order valence-electron chi connectivity index (χ4n) is 2.82. The predicted octanol–water partition coefficient (Wildman–Crippen LogP) is 3.61. The van der Waals surface area contributed by atoms with Crippen molar-refractivity contribution >= 4 is 0 Å². The van der Waals surface area contributed by atoms with Crippen molar-refractivity contribution in [2.45, 2.75) is 46.5 Å². The van der Waals surface area contributed by atoms with Gasteiger partial charge in [-0.1, -0.05) is 32.9 Å². The fraction of sp³-hybridized carbons (Fsp3) is 0.857. The maximum absolute atomic E-state index is 3.35. The minimum Gasteiger partial charge on any atom is -0.317 e. The van der Waals surface area contributed by atoms with E-state index in [9.17, 15) is 0 Å². The van der Waals surface area contributed by atoms with Crippen molar-refractivity contribution in [3.63, 3.8) is 0 Å². The van der Waals surface area contributed by atoms with Crippen LogP contribution in [0.15, 0.2) is 12.2 Å². The van der Waals surface area contributed by atoms with E-state index in [-0.39, 0.29) is 0 Å². The summed E-state index contributed by atoms with van der Waals surface area (Å²) in [6.07, 6.45) is 10.3. The maximum Gasteiger partial charge on any atom is -0.00144 e. The van der Waals surface area contributed by atoms with Crippen LogP contribution in [0.5, 0.6) is 0 Å². The largest absolute Gasteiger partial charge is 0.317 e. The van der Waals surface area contributed by atoms with Crippen LogP contribution in [0.3, 0.4) is 0 Å². The molecule has 1 N–H and O–H groups in total. The number of rotatable bonds is 5. The average Bonchev–Trinajstić information content (AvgIpc) is 2.16. The molecule has 0 aromatic carbocycles. The van der Waals surface area contributed by atoms with Crippen LogP contribution in [0.1, 0.15) is 46.5 Å². The molecule has 0 saturated heterocycles. The molecular formula is C14H27N. The first kappa shape index (κ1) is 12.8. The van der Waals surface area contributed by atoms with Crippen LogP contribution in [0.4, 0.5) is 0 Å². The van der Waals surface area contributed by atoms with E-state index < -0.39 is 0 Å². The van der Waals surface area contributed by atoms with Gasteiger partial charge in [0.1, 0.15) is 0 Å². The summed E-state index contributed by atoms with van der Waals surface area (Å²) in [6.45, 7) is 9.18. The molecule has 1 heteroatoms. The Kier molecular flexibility index (Phi) is 6.00. The van der Waals surface area contributed by atoms with Crippen molar-refractivity contribution < 1.29 is 0 Å². The molecule has 0 amide bonds. The molecule has 1 aliphatic rings. The highest BCUT2D eigenvalue weighted by molar-refractivity contribution is 4.92. The van der Waals surface area contributed by atoms with Gasteiger partial charge >= 0.3 is 0 Å². The van der Waals surface area contributed by atoms with Crippen LogP contribution in [0.25, 0.3) is 0 Å². The van der Waals surface area contributed by atoms with Gasteiger partial charge in [-0.3, -0.25) is 0 Å². The molecule has 0 aromatic heterocycles. The summed E-state index contributed by atoms with van der Waals surface area (Å²) in [5.74, 6) is 2.71. The summed E-state index contributed by atoms with van der Waals surface area (Å²) < 4.78 is 0. The van der Waals surface area contributed by atoms with E-state index in [0.717, 1.165) is 30.8 Å². The molecule has 0 spiro atoms. The number of nitrogens with one attached hydrogen (secondary N) is 1. The van der Waals surface area contributed by atoms with E-state index in [1.165, 1.54) is 25.7 Å². The molecule has 0 heterocycles. The van der Waals surface area contributed by atoms with Crippen LogP contribution in [0.2, 0.25) is 0 Å². The van der Waals surface area contributed by atoms with Gasteiger partial charge in [0.25, 0.3) is 0 Å². The lowest BCUT2D eigenvalue weighted by Gasteiger charge is -2.29. The third-order valence-electron chi connectivity index (χ3n) is 3.36. The molecule has 88 valence electrons. The fourth-order valence-corrected chi connectivity index (χ4v) is 2.82. The normalized spacial score (nSPS) is 32.3. The molecule has 0 bridgehead atoms. The molecular weight excluding hydrogens is 182 g/mol. The molecule has 2 unspecified atom stereocenters. The Bertz CT molecular complexity index is 176. The lowest BCUT2D eigenvalue weighted by Crippen LogP contribution is -2.18. The zero-order valence-electron chi connectivity index (χ0n) is 10.6. The molecule has 1 nitrogen and oxygen atoms in total. The first-order valence-electron chi connectivity index (χ1n) is 6.59. The first-order chi connectivity index (χ1) is 7.22. The third-order valence-corrected chi connectivity index (χ3v) is 3.36. The van der Waals surface area contributed by atoms with Gasteiger partial charge in [-0.2, -0.15) is 0 Å². The molecule has 2 atom stereocenters. The molecule has 1 saturated carbocycles. The number of hydrogen-bond acceptors (Lipinski definition) is 1. The summed E-state index contributed by atoms with van der Waals surface area (Å²) in [7, 11) is 0. The highest BCUT2D eigenvalue weighted by Gasteiger charge is 2.21. The van der Waals surface area contributed by atoms with Crippen molar-refractivity contribution in [2.24, 2.45) is 17.8 Å². The van der Waals surface area contributed by atoms with Crippen LogP contribution in [-0.2, 0) is 0 Å². The molecule has 1 aliphatic carbocycles. The third kappa shape index (κ3) is 5.36. The average molecular weight is 209 g/mol. The topological polar surface area (TPSA) is 12.0 Å². The Morgan fingerprint density at radius 2 is 1.80 bits per heavy atom.